The summed E-state index contributed by atoms with van der Waals surface area (Å²) in [6.45, 7) is 0. The van der Waals surface area contributed by atoms with Gasteiger partial charge in [0.15, 0.2) is 5.13 Å². The minimum atomic E-state index is -4.41. The van der Waals surface area contributed by atoms with Gasteiger partial charge in [-0.15, -0.1) is 0 Å². The van der Waals surface area contributed by atoms with Crippen LogP contribution in [-0.2, 0) is 6.18 Å². The maximum Gasteiger partial charge on any atom is 0.416 e. The molecule has 0 radical (unpaired) electrons. The zero-order chi connectivity index (χ0) is 21.1. The van der Waals surface area contributed by atoms with E-state index in [0.29, 0.717) is 22.0 Å². The molecule has 4 rings (SSSR count). The number of hydrogen-bond donors (Lipinski definition) is 1. The Balaban J connectivity index is 1.72. The van der Waals surface area contributed by atoms with E-state index < -0.39 is 11.7 Å². The van der Waals surface area contributed by atoms with Crippen LogP contribution in [0.25, 0.3) is 21.7 Å². The summed E-state index contributed by atoms with van der Waals surface area (Å²) in [4.78, 5) is 21.7. The first-order valence-corrected chi connectivity index (χ1v) is 9.69. The quantitative estimate of drug-likeness (QED) is 0.427. The fraction of sp³-hybridized carbons (Fsp3) is 0.0455. The van der Waals surface area contributed by atoms with Crippen LogP contribution in [0.15, 0.2) is 79.1 Å². The number of nitrogens with one attached hydrogen (secondary N) is 1. The van der Waals surface area contributed by atoms with Crippen molar-refractivity contribution in [2.75, 3.05) is 5.32 Å². The average Bonchev–Trinajstić information content (AvgIpc) is 3.18. The number of nitrogens with zero attached hydrogens (tertiary/aromatic N) is 2. The molecule has 4 nitrogen and oxygen atoms in total. The van der Waals surface area contributed by atoms with Crippen LogP contribution < -0.4 is 5.32 Å². The molecule has 30 heavy (non-hydrogen) atoms. The van der Waals surface area contributed by atoms with Gasteiger partial charge >= 0.3 is 6.18 Å². The van der Waals surface area contributed by atoms with Crippen LogP contribution in [0.3, 0.4) is 0 Å². The fourth-order valence-corrected chi connectivity index (χ4v) is 3.83. The van der Waals surface area contributed by atoms with Crippen LogP contribution in [0, 0.1) is 0 Å². The van der Waals surface area contributed by atoms with Crippen molar-refractivity contribution >= 4 is 22.4 Å². The Morgan fingerprint density at radius 3 is 2.17 bits per heavy atom. The summed E-state index contributed by atoms with van der Waals surface area (Å²) in [6.07, 6.45) is -1.18. The zero-order valence-corrected chi connectivity index (χ0v) is 16.2. The Bertz CT molecular complexity index is 1160. The SMILES string of the molecule is O=C(Nc1nc(-c2ccc(C(F)(F)F)cc2)c(-c2ccncc2)s1)c1ccccc1. The van der Waals surface area contributed by atoms with Crippen LogP contribution in [0.2, 0.25) is 0 Å². The molecule has 1 amide bonds. The molecule has 8 heteroatoms. The molecule has 2 aromatic carbocycles. The third kappa shape index (κ3) is 4.23. The molecule has 0 fully saturated rings. The van der Waals surface area contributed by atoms with Crippen molar-refractivity contribution in [2.24, 2.45) is 0 Å². The summed E-state index contributed by atoms with van der Waals surface area (Å²) >= 11 is 1.25. The number of carbonyl (C=O) groups excluding carboxylic acids is 1. The number of alkyl halides is 3. The van der Waals surface area contributed by atoms with E-state index in [1.54, 1.807) is 48.8 Å². The number of pyridine rings is 1. The highest BCUT2D eigenvalue weighted by molar-refractivity contribution is 7.19. The average molecular weight is 425 g/mol. The lowest BCUT2D eigenvalue weighted by atomic mass is 10.1. The molecule has 4 aromatic rings. The van der Waals surface area contributed by atoms with E-state index in [9.17, 15) is 18.0 Å². The molecule has 2 aromatic heterocycles. The maximum absolute atomic E-state index is 12.9. The van der Waals surface area contributed by atoms with Gasteiger partial charge in [-0.25, -0.2) is 4.98 Å². The van der Waals surface area contributed by atoms with E-state index in [1.807, 2.05) is 6.07 Å². The van der Waals surface area contributed by atoms with Crippen LogP contribution in [0.4, 0.5) is 18.3 Å². The van der Waals surface area contributed by atoms with Crippen molar-refractivity contribution in [3.63, 3.8) is 0 Å². The fourth-order valence-electron chi connectivity index (χ4n) is 2.84. The number of carbonyl (C=O) groups is 1. The number of anilines is 1. The minimum absolute atomic E-state index is 0.315. The summed E-state index contributed by atoms with van der Waals surface area (Å²) < 4.78 is 38.7. The molecule has 1 N–H and O–H groups in total. The van der Waals surface area contributed by atoms with Gasteiger partial charge in [-0.2, -0.15) is 13.2 Å². The highest BCUT2D eigenvalue weighted by atomic mass is 32.1. The Morgan fingerprint density at radius 2 is 1.53 bits per heavy atom. The summed E-state index contributed by atoms with van der Waals surface area (Å²) in [5, 5.41) is 3.12. The van der Waals surface area contributed by atoms with Crippen molar-refractivity contribution < 1.29 is 18.0 Å². The first-order chi connectivity index (χ1) is 14.4. The lowest BCUT2D eigenvalue weighted by Crippen LogP contribution is -2.11. The van der Waals surface area contributed by atoms with Crippen molar-refractivity contribution in [2.45, 2.75) is 6.18 Å². The number of hydrogen-bond acceptors (Lipinski definition) is 4. The van der Waals surface area contributed by atoms with Crippen molar-refractivity contribution in [3.8, 4) is 21.7 Å². The second kappa shape index (κ2) is 8.08. The summed E-state index contributed by atoms with van der Waals surface area (Å²) in [7, 11) is 0. The van der Waals surface area contributed by atoms with Crippen molar-refractivity contribution in [1.82, 2.24) is 9.97 Å². The lowest BCUT2D eigenvalue weighted by molar-refractivity contribution is -0.137. The van der Waals surface area contributed by atoms with Crippen LogP contribution in [-0.4, -0.2) is 15.9 Å². The molecule has 0 saturated heterocycles. The summed E-state index contributed by atoms with van der Waals surface area (Å²) in [6, 6.07) is 17.1. The van der Waals surface area contributed by atoms with Crippen LogP contribution in [0.5, 0.6) is 0 Å². The zero-order valence-electron chi connectivity index (χ0n) is 15.4. The van der Waals surface area contributed by atoms with Crippen LogP contribution >= 0.6 is 11.3 Å². The molecule has 0 bridgehead atoms. The molecule has 2 heterocycles. The molecule has 0 aliphatic carbocycles. The largest absolute Gasteiger partial charge is 0.416 e. The number of amides is 1. The third-order valence-corrected chi connectivity index (χ3v) is 5.33. The standard InChI is InChI=1S/C22H14F3N3OS/c23-22(24,25)17-8-6-14(7-9-17)18-19(15-10-12-26-13-11-15)30-21(27-18)28-20(29)16-4-2-1-3-5-16/h1-13H,(H,27,28,29). The molecule has 0 spiro atoms. The lowest BCUT2D eigenvalue weighted by Gasteiger charge is -2.07. The van der Waals surface area contributed by atoms with Gasteiger partial charge in [0.25, 0.3) is 5.91 Å². The Hall–Kier alpha value is -3.52. The minimum Gasteiger partial charge on any atom is -0.298 e. The van der Waals surface area contributed by atoms with Gasteiger partial charge < -0.3 is 0 Å². The van der Waals surface area contributed by atoms with Crippen molar-refractivity contribution in [3.05, 3.63) is 90.3 Å². The van der Waals surface area contributed by atoms with Gasteiger partial charge in [0, 0.05) is 23.5 Å². The van der Waals surface area contributed by atoms with E-state index in [0.717, 1.165) is 22.6 Å². The predicted molar refractivity (Wildman–Crippen MR) is 110 cm³/mol. The molecular weight excluding hydrogens is 411 g/mol. The highest BCUT2D eigenvalue weighted by Gasteiger charge is 2.30. The molecule has 0 saturated carbocycles. The van der Waals surface area contributed by atoms with E-state index in [4.69, 9.17) is 0 Å². The van der Waals surface area contributed by atoms with Crippen LogP contribution in [0.1, 0.15) is 15.9 Å². The highest BCUT2D eigenvalue weighted by Crippen LogP contribution is 2.40. The molecular formula is C22H14F3N3OS. The first kappa shape index (κ1) is 19.8. The predicted octanol–water partition coefficient (Wildman–Crippen LogP) is 6.14. The van der Waals surface area contributed by atoms with Gasteiger partial charge in [-0.05, 0) is 42.0 Å². The second-order valence-corrected chi connectivity index (χ2v) is 7.33. The Labute approximate surface area is 174 Å². The number of thiazole rings is 1. The molecule has 0 unspecified atom stereocenters. The number of rotatable bonds is 4. The Kier molecular flexibility index (Phi) is 5.33. The smallest absolute Gasteiger partial charge is 0.298 e. The molecule has 0 aliphatic rings. The van der Waals surface area contributed by atoms with E-state index in [-0.39, 0.29) is 5.91 Å². The van der Waals surface area contributed by atoms with Gasteiger partial charge in [0.05, 0.1) is 16.1 Å². The summed E-state index contributed by atoms with van der Waals surface area (Å²) in [5.74, 6) is -0.315. The van der Waals surface area contributed by atoms with Gasteiger partial charge in [-0.3, -0.25) is 15.1 Å². The van der Waals surface area contributed by atoms with E-state index in [1.165, 1.54) is 23.5 Å². The second-order valence-electron chi connectivity index (χ2n) is 6.33. The third-order valence-electron chi connectivity index (χ3n) is 4.31. The summed E-state index contributed by atoms with van der Waals surface area (Å²) in [5.41, 5.74) is 1.56. The number of aromatic nitrogens is 2. The first-order valence-electron chi connectivity index (χ1n) is 8.87. The monoisotopic (exact) mass is 425 g/mol. The molecule has 0 atom stereocenters. The van der Waals surface area contributed by atoms with E-state index >= 15 is 0 Å². The Morgan fingerprint density at radius 1 is 0.867 bits per heavy atom. The van der Waals surface area contributed by atoms with E-state index in [2.05, 4.69) is 15.3 Å². The van der Waals surface area contributed by atoms with Crippen molar-refractivity contribution in [1.29, 1.82) is 0 Å². The maximum atomic E-state index is 12.9. The normalized spacial score (nSPS) is 11.3. The topological polar surface area (TPSA) is 54.9 Å². The van der Waals surface area contributed by atoms with Gasteiger partial charge in [-0.1, -0.05) is 41.7 Å². The van der Waals surface area contributed by atoms with Gasteiger partial charge in [0.1, 0.15) is 0 Å². The number of halogens is 3. The molecule has 0 aliphatic heterocycles. The van der Waals surface area contributed by atoms with Gasteiger partial charge in [0.2, 0.25) is 0 Å². The molecule has 150 valence electrons. The number of benzene rings is 2.